The number of nitrogens with one attached hydrogen (secondary N) is 1. The van der Waals surface area contributed by atoms with Crippen LogP contribution in [0.15, 0.2) is 6.07 Å². The molecule has 1 heterocycles. The van der Waals surface area contributed by atoms with Gasteiger partial charge in [-0.15, -0.1) is 0 Å². The third-order valence-electron chi connectivity index (χ3n) is 5.31. The molecule has 1 aromatic heterocycles. The predicted octanol–water partition coefficient (Wildman–Crippen LogP) is 4.34. The molecule has 2 rings (SSSR count). The Balaban J connectivity index is 2.03. The number of aryl methyl sites for hydroxylation is 1. The largest absolute Gasteiger partial charge is 0.352 e. The van der Waals surface area contributed by atoms with E-state index in [1.165, 1.54) is 42.6 Å². The fourth-order valence-corrected chi connectivity index (χ4v) is 3.77. The normalized spacial score (nSPS) is 24.1. The molecule has 20 heavy (non-hydrogen) atoms. The van der Waals surface area contributed by atoms with E-state index in [9.17, 15) is 0 Å². The molecule has 0 aromatic carbocycles. The first-order chi connectivity index (χ1) is 9.30. The Morgan fingerprint density at radius 3 is 2.40 bits per heavy atom. The van der Waals surface area contributed by atoms with E-state index < -0.39 is 0 Å². The Bertz CT molecular complexity index is 451. The van der Waals surface area contributed by atoms with Crippen LogP contribution in [0.5, 0.6) is 0 Å². The van der Waals surface area contributed by atoms with Gasteiger partial charge in [0.2, 0.25) is 0 Å². The quantitative estimate of drug-likeness (QED) is 0.869. The lowest BCUT2D eigenvalue weighted by Gasteiger charge is -2.41. The Labute approximate surface area is 125 Å². The maximum atomic E-state index is 3.86. The topological polar surface area (TPSA) is 17.0 Å². The van der Waals surface area contributed by atoms with Gasteiger partial charge in [0, 0.05) is 31.0 Å². The van der Waals surface area contributed by atoms with E-state index in [1.54, 1.807) is 0 Å². The second kappa shape index (κ2) is 5.93. The molecule has 0 saturated heterocycles. The van der Waals surface area contributed by atoms with Crippen molar-refractivity contribution in [3.8, 4) is 0 Å². The molecular formula is C18H32N2. The molecular weight excluding hydrogens is 244 g/mol. The van der Waals surface area contributed by atoms with E-state index in [1.807, 2.05) is 0 Å². The van der Waals surface area contributed by atoms with Crippen LogP contribution >= 0.6 is 0 Å². The molecule has 2 atom stereocenters. The van der Waals surface area contributed by atoms with Gasteiger partial charge in [-0.25, -0.2) is 0 Å². The first kappa shape index (κ1) is 15.6. The van der Waals surface area contributed by atoms with Crippen molar-refractivity contribution < 1.29 is 0 Å². The first-order valence-corrected chi connectivity index (χ1v) is 8.16. The summed E-state index contributed by atoms with van der Waals surface area (Å²) in [6.07, 6.45) is 5.52. The molecule has 2 nitrogen and oxygen atoms in total. The summed E-state index contributed by atoms with van der Waals surface area (Å²) in [6, 6.07) is 3.01. The van der Waals surface area contributed by atoms with Gasteiger partial charge in [0.05, 0.1) is 0 Å². The van der Waals surface area contributed by atoms with Crippen LogP contribution in [-0.4, -0.2) is 10.6 Å². The van der Waals surface area contributed by atoms with E-state index >= 15 is 0 Å². The van der Waals surface area contributed by atoms with Crippen LogP contribution in [0.4, 0.5) is 0 Å². The third kappa shape index (κ3) is 3.28. The average Bonchev–Trinajstić information content (AvgIpc) is 2.63. The Hall–Kier alpha value is -0.760. The second-order valence-electron chi connectivity index (χ2n) is 7.70. The van der Waals surface area contributed by atoms with Gasteiger partial charge >= 0.3 is 0 Å². The van der Waals surface area contributed by atoms with Crippen LogP contribution in [-0.2, 0) is 13.6 Å². The maximum Gasteiger partial charge on any atom is 0.0226 e. The van der Waals surface area contributed by atoms with Crippen molar-refractivity contribution in [2.45, 2.75) is 72.9 Å². The summed E-state index contributed by atoms with van der Waals surface area (Å²) >= 11 is 0. The number of aromatic nitrogens is 1. The SMILES string of the molecule is Cc1cc(CNC2CCCCC2C(C)(C)C)c(C)n1C. The molecule has 1 fully saturated rings. The second-order valence-corrected chi connectivity index (χ2v) is 7.70. The number of nitrogens with zero attached hydrogens (tertiary/aromatic N) is 1. The van der Waals surface area contributed by atoms with E-state index in [2.05, 4.69) is 57.6 Å². The Kier molecular flexibility index (Phi) is 4.63. The molecule has 1 N–H and O–H groups in total. The highest BCUT2D eigenvalue weighted by Gasteiger charge is 2.33. The van der Waals surface area contributed by atoms with Crippen molar-refractivity contribution in [2.24, 2.45) is 18.4 Å². The zero-order chi connectivity index (χ0) is 14.9. The zero-order valence-corrected chi connectivity index (χ0v) is 14.2. The van der Waals surface area contributed by atoms with Gasteiger partial charge in [-0.2, -0.15) is 0 Å². The van der Waals surface area contributed by atoms with Crippen LogP contribution < -0.4 is 5.32 Å². The molecule has 0 bridgehead atoms. The zero-order valence-electron chi connectivity index (χ0n) is 14.2. The van der Waals surface area contributed by atoms with Gasteiger partial charge in [0.1, 0.15) is 0 Å². The lowest BCUT2D eigenvalue weighted by atomic mass is 9.69. The van der Waals surface area contributed by atoms with Crippen molar-refractivity contribution in [3.05, 3.63) is 23.0 Å². The molecule has 1 saturated carbocycles. The smallest absolute Gasteiger partial charge is 0.0226 e. The van der Waals surface area contributed by atoms with E-state index in [0.29, 0.717) is 11.5 Å². The van der Waals surface area contributed by atoms with Crippen LogP contribution in [0.3, 0.4) is 0 Å². The predicted molar refractivity (Wildman–Crippen MR) is 86.9 cm³/mol. The van der Waals surface area contributed by atoms with Crippen LogP contribution in [0, 0.1) is 25.2 Å². The molecule has 2 unspecified atom stereocenters. The summed E-state index contributed by atoms with van der Waals surface area (Å²) in [4.78, 5) is 0. The molecule has 1 aromatic rings. The maximum absolute atomic E-state index is 3.86. The molecule has 1 aliphatic rings. The molecule has 0 spiro atoms. The van der Waals surface area contributed by atoms with Crippen LogP contribution in [0.1, 0.15) is 63.4 Å². The van der Waals surface area contributed by atoms with Gasteiger partial charge in [-0.3, -0.25) is 0 Å². The van der Waals surface area contributed by atoms with E-state index in [-0.39, 0.29) is 0 Å². The van der Waals surface area contributed by atoms with Crippen molar-refractivity contribution in [1.29, 1.82) is 0 Å². The highest BCUT2D eigenvalue weighted by Crippen LogP contribution is 2.38. The summed E-state index contributed by atoms with van der Waals surface area (Å²) < 4.78 is 2.29. The average molecular weight is 276 g/mol. The minimum Gasteiger partial charge on any atom is -0.352 e. The highest BCUT2D eigenvalue weighted by atomic mass is 15.0. The van der Waals surface area contributed by atoms with E-state index in [4.69, 9.17) is 0 Å². The fourth-order valence-electron chi connectivity index (χ4n) is 3.77. The monoisotopic (exact) mass is 276 g/mol. The standard InChI is InChI=1S/C18H32N2/c1-13-11-15(14(2)20(13)6)12-19-17-10-8-7-9-16(17)18(3,4)5/h11,16-17,19H,7-10,12H2,1-6H3. The summed E-state index contributed by atoms with van der Waals surface area (Å²) in [5, 5.41) is 3.86. The summed E-state index contributed by atoms with van der Waals surface area (Å²) in [5.41, 5.74) is 4.64. The molecule has 0 aliphatic heterocycles. The minimum absolute atomic E-state index is 0.416. The van der Waals surface area contributed by atoms with Crippen molar-refractivity contribution >= 4 is 0 Å². The highest BCUT2D eigenvalue weighted by molar-refractivity contribution is 5.26. The fraction of sp³-hybridized carbons (Fsp3) is 0.778. The molecule has 1 aliphatic carbocycles. The minimum atomic E-state index is 0.416. The summed E-state index contributed by atoms with van der Waals surface area (Å²) in [5.74, 6) is 0.807. The van der Waals surface area contributed by atoms with Crippen LogP contribution in [0.25, 0.3) is 0 Å². The molecule has 2 heteroatoms. The third-order valence-corrected chi connectivity index (χ3v) is 5.31. The first-order valence-electron chi connectivity index (χ1n) is 8.16. The van der Waals surface area contributed by atoms with E-state index in [0.717, 1.165) is 12.5 Å². The van der Waals surface area contributed by atoms with Gasteiger partial charge in [0.25, 0.3) is 0 Å². The number of hydrogen-bond donors (Lipinski definition) is 1. The van der Waals surface area contributed by atoms with Gasteiger partial charge in [0.15, 0.2) is 0 Å². The molecule has 114 valence electrons. The Morgan fingerprint density at radius 1 is 1.20 bits per heavy atom. The lowest BCUT2D eigenvalue weighted by molar-refractivity contribution is 0.130. The lowest BCUT2D eigenvalue weighted by Crippen LogP contribution is -2.43. The molecule has 0 amide bonds. The number of hydrogen-bond acceptors (Lipinski definition) is 1. The van der Waals surface area contributed by atoms with Crippen molar-refractivity contribution in [3.63, 3.8) is 0 Å². The van der Waals surface area contributed by atoms with Crippen LogP contribution in [0.2, 0.25) is 0 Å². The van der Waals surface area contributed by atoms with Gasteiger partial charge in [-0.1, -0.05) is 33.6 Å². The summed E-state index contributed by atoms with van der Waals surface area (Å²) in [7, 11) is 2.16. The van der Waals surface area contributed by atoms with Gasteiger partial charge < -0.3 is 9.88 Å². The van der Waals surface area contributed by atoms with Crippen molar-refractivity contribution in [1.82, 2.24) is 9.88 Å². The van der Waals surface area contributed by atoms with Crippen molar-refractivity contribution in [2.75, 3.05) is 0 Å². The summed E-state index contributed by atoms with van der Waals surface area (Å²) in [6.45, 7) is 12.6. The van der Waals surface area contributed by atoms with Gasteiger partial charge in [-0.05, 0) is 49.7 Å². The Morgan fingerprint density at radius 2 is 1.85 bits per heavy atom. The molecule has 0 radical (unpaired) electrons. The number of rotatable bonds is 3.